The van der Waals surface area contributed by atoms with E-state index >= 15 is 0 Å². The SMILES string of the molecule is CC(=O)Nc1ccc(S(=O)(=O)Nc2ccc(Oc3ccc(Cl)c(C(F)(F)F)c3)c(C#N)c2)cc1. The summed E-state index contributed by atoms with van der Waals surface area (Å²) in [6, 6.07) is 13.9. The number of ether oxygens (including phenoxy) is 1. The second kappa shape index (κ2) is 9.62. The summed E-state index contributed by atoms with van der Waals surface area (Å²) < 4.78 is 72.2. The molecule has 0 saturated carbocycles. The lowest BCUT2D eigenvalue weighted by Gasteiger charge is -2.14. The van der Waals surface area contributed by atoms with Gasteiger partial charge in [0.05, 0.1) is 26.7 Å². The van der Waals surface area contributed by atoms with Crippen LogP contribution in [0.2, 0.25) is 5.02 Å². The number of carbonyl (C=O) groups excluding carboxylic acids is 1. The largest absolute Gasteiger partial charge is 0.456 e. The Labute approximate surface area is 197 Å². The predicted octanol–water partition coefficient (Wildman–Crippen LogP) is 5.78. The number of nitriles is 1. The molecule has 3 aromatic carbocycles. The average molecular weight is 510 g/mol. The van der Waals surface area contributed by atoms with E-state index in [2.05, 4.69) is 10.0 Å². The van der Waals surface area contributed by atoms with E-state index < -0.39 is 26.8 Å². The number of carbonyl (C=O) groups is 1. The maximum absolute atomic E-state index is 13.1. The van der Waals surface area contributed by atoms with Crippen molar-refractivity contribution in [2.75, 3.05) is 10.0 Å². The van der Waals surface area contributed by atoms with Crippen LogP contribution in [0.15, 0.2) is 65.6 Å². The topological polar surface area (TPSA) is 108 Å². The van der Waals surface area contributed by atoms with Gasteiger partial charge in [-0.15, -0.1) is 0 Å². The maximum atomic E-state index is 13.1. The van der Waals surface area contributed by atoms with E-state index in [0.717, 1.165) is 6.07 Å². The van der Waals surface area contributed by atoms with Gasteiger partial charge in [-0.3, -0.25) is 9.52 Å². The molecule has 0 aromatic heterocycles. The lowest BCUT2D eigenvalue weighted by atomic mass is 10.2. The Kier molecular flexibility index (Phi) is 7.04. The van der Waals surface area contributed by atoms with Crippen LogP contribution in [0.25, 0.3) is 0 Å². The highest BCUT2D eigenvalue weighted by Gasteiger charge is 2.33. The van der Waals surface area contributed by atoms with Gasteiger partial charge in [0, 0.05) is 12.6 Å². The van der Waals surface area contributed by atoms with Crippen molar-refractivity contribution in [3.63, 3.8) is 0 Å². The van der Waals surface area contributed by atoms with Crippen LogP contribution in [0, 0.1) is 11.3 Å². The van der Waals surface area contributed by atoms with Gasteiger partial charge in [0.25, 0.3) is 10.0 Å². The van der Waals surface area contributed by atoms with Gasteiger partial charge in [0.2, 0.25) is 5.91 Å². The summed E-state index contributed by atoms with van der Waals surface area (Å²) in [5.74, 6) is -0.602. The van der Waals surface area contributed by atoms with Crippen LogP contribution in [0.3, 0.4) is 0 Å². The van der Waals surface area contributed by atoms with E-state index in [9.17, 15) is 31.6 Å². The van der Waals surface area contributed by atoms with E-state index in [4.69, 9.17) is 16.3 Å². The quantitative estimate of drug-likeness (QED) is 0.437. The molecule has 0 unspecified atom stereocenters. The number of rotatable bonds is 6. The minimum Gasteiger partial charge on any atom is -0.456 e. The van der Waals surface area contributed by atoms with E-state index in [-0.39, 0.29) is 33.6 Å². The number of benzene rings is 3. The average Bonchev–Trinajstić information content (AvgIpc) is 2.75. The number of hydrogen-bond donors (Lipinski definition) is 2. The molecule has 3 aromatic rings. The van der Waals surface area contributed by atoms with Crippen molar-refractivity contribution < 1.29 is 31.1 Å². The van der Waals surface area contributed by atoms with E-state index in [1.54, 1.807) is 0 Å². The predicted molar refractivity (Wildman–Crippen MR) is 119 cm³/mol. The lowest BCUT2D eigenvalue weighted by Crippen LogP contribution is -2.13. The summed E-state index contributed by atoms with van der Waals surface area (Å²) in [6.07, 6.45) is -4.70. The van der Waals surface area contributed by atoms with Crippen molar-refractivity contribution >= 4 is 38.9 Å². The highest BCUT2D eigenvalue weighted by atomic mass is 35.5. The standard InChI is InChI=1S/C22H15ClF3N3O4S/c1-13(30)28-15-2-6-18(7-3-15)34(31,32)29-16-4-9-21(14(10-16)12-27)33-17-5-8-20(23)19(11-17)22(24,25)26/h2-11,29H,1H3,(H,28,30). The van der Waals surface area contributed by atoms with Crippen LogP contribution in [-0.4, -0.2) is 14.3 Å². The molecule has 7 nitrogen and oxygen atoms in total. The Bertz CT molecular complexity index is 1390. The fraction of sp³-hybridized carbons (Fsp3) is 0.0909. The molecule has 0 bridgehead atoms. The Hall–Kier alpha value is -3.75. The number of alkyl halides is 3. The molecule has 0 heterocycles. The summed E-state index contributed by atoms with van der Waals surface area (Å²) >= 11 is 5.59. The van der Waals surface area contributed by atoms with Gasteiger partial charge in [0.1, 0.15) is 17.6 Å². The van der Waals surface area contributed by atoms with Crippen LogP contribution < -0.4 is 14.8 Å². The Morgan fingerprint density at radius 1 is 1.03 bits per heavy atom. The molecule has 34 heavy (non-hydrogen) atoms. The third-order valence-corrected chi connectivity index (χ3v) is 6.04. The number of anilines is 2. The fourth-order valence-electron chi connectivity index (χ4n) is 2.82. The first kappa shape index (κ1) is 24.9. The van der Waals surface area contributed by atoms with Crippen LogP contribution in [-0.2, 0) is 21.0 Å². The molecule has 0 aliphatic carbocycles. The van der Waals surface area contributed by atoms with E-state index in [1.807, 2.05) is 6.07 Å². The maximum Gasteiger partial charge on any atom is 0.417 e. The molecule has 0 saturated heterocycles. The normalized spacial score (nSPS) is 11.4. The van der Waals surface area contributed by atoms with Gasteiger partial charge in [-0.1, -0.05) is 11.6 Å². The number of nitrogens with zero attached hydrogens (tertiary/aromatic N) is 1. The first-order valence-corrected chi connectivity index (χ1v) is 11.2. The zero-order valence-electron chi connectivity index (χ0n) is 17.3. The smallest absolute Gasteiger partial charge is 0.417 e. The Morgan fingerprint density at radius 2 is 1.68 bits per heavy atom. The zero-order valence-corrected chi connectivity index (χ0v) is 18.8. The van der Waals surface area contributed by atoms with Gasteiger partial charge in [-0.2, -0.15) is 18.4 Å². The minimum atomic E-state index is -4.70. The fourth-order valence-corrected chi connectivity index (χ4v) is 4.09. The third kappa shape index (κ3) is 5.98. The molecule has 3 rings (SSSR count). The molecule has 0 aliphatic rings. The molecular formula is C22H15ClF3N3O4S. The van der Waals surface area contributed by atoms with E-state index in [1.165, 1.54) is 55.5 Å². The molecule has 0 atom stereocenters. The number of halogens is 4. The minimum absolute atomic E-state index is 0.0296. The lowest BCUT2D eigenvalue weighted by molar-refractivity contribution is -0.137. The van der Waals surface area contributed by atoms with Gasteiger partial charge in [0.15, 0.2) is 0 Å². The molecule has 2 N–H and O–H groups in total. The molecule has 176 valence electrons. The zero-order chi connectivity index (χ0) is 25.1. The van der Waals surface area contributed by atoms with Gasteiger partial charge >= 0.3 is 6.18 Å². The number of nitrogens with one attached hydrogen (secondary N) is 2. The first-order chi connectivity index (χ1) is 15.9. The monoisotopic (exact) mass is 509 g/mol. The molecule has 0 fully saturated rings. The second-order valence-corrected chi connectivity index (χ2v) is 8.96. The van der Waals surface area contributed by atoms with Crippen LogP contribution in [0.1, 0.15) is 18.1 Å². The second-order valence-electron chi connectivity index (χ2n) is 6.88. The third-order valence-electron chi connectivity index (χ3n) is 4.31. The molecule has 12 heteroatoms. The summed E-state index contributed by atoms with van der Waals surface area (Å²) in [4.78, 5) is 11.0. The van der Waals surface area contributed by atoms with Crippen molar-refractivity contribution in [3.05, 3.63) is 76.8 Å². The van der Waals surface area contributed by atoms with E-state index in [0.29, 0.717) is 11.8 Å². The molecule has 0 aliphatic heterocycles. The molecule has 1 amide bonds. The summed E-state index contributed by atoms with van der Waals surface area (Å²) in [7, 11) is -4.03. The molecular weight excluding hydrogens is 495 g/mol. The molecule has 0 spiro atoms. The van der Waals surface area contributed by atoms with Gasteiger partial charge in [-0.05, 0) is 60.7 Å². The first-order valence-electron chi connectivity index (χ1n) is 9.38. The molecule has 0 radical (unpaired) electrons. The van der Waals surface area contributed by atoms with Crippen LogP contribution in [0.4, 0.5) is 24.5 Å². The highest BCUT2D eigenvalue weighted by molar-refractivity contribution is 7.92. The highest BCUT2D eigenvalue weighted by Crippen LogP contribution is 2.38. The van der Waals surface area contributed by atoms with Crippen LogP contribution >= 0.6 is 11.6 Å². The van der Waals surface area contributed by atoms with Crippen LogP contribution in [0.5, 0.6) is 11.5 Å². The van der Waals surface area contributed by atoms with Crippen molar-refractivity contribution in [1.29, 1.82) is 5.26 Å². The number of amides is 1. The number of hydrogen-bond acceptors (Lipinski definition) is 5. The number of sulfonamides is 1. The Morgan fingerprint density at radius 3 is 2.26 bits per heavy atom. The van der Waals surface area contributed by atoms with Crippen molar-refractivity contribution in [2.45, 2.75) is 18.0 Å². The summed E-state index contributed by atoms with van der Waals surface area (Å²) in [5, 5.41) is 11.4. The summed E-state index contributed by atoms with van der Waals surface area (Å²) in [5.41, 5.74) is -0.777. The van der Waals surface area contributed by atoms with Gasteiger partial charge in [-0.25, -0.2) is 8.42 Å². The van der Waals surface area contributed by atoms with Crippen molar-refractivity contribution in [1.82, 2.24) is 0 Å². The Balaban J connectivity index is 1.83. The van der Waals surface area contributed by atoms with Crippen molar-refractivity contribution in [2.24, 2.45) is 0 Å². The van der Waals surface area contributed by atoms with Crippen molar-refractivity contribution in [3.8, 4) is 17.6 Å². The summed E-state index contributed by atoms with van der Waals surface area (Å²) in [6.45, 7) is 1.31. The van der Waals surface area contributed by atoms with Gasteiger partial charge < -0.3 is 10.1 Å².